The van der Waals surface area contributed by atoms with Crippen molar-refractivity contribution in [3.05, 3.63) is 112 Å². The van der Waals surface area contributed by atoms with Gasteiger partial charge in [-0.25, -0.2) is 0 Å². The third-order valence-corrected chi connectivity index (χ3v) is 6.34. The van der Waals surface area contributed by atoms with Crippen molar-refractivity contribution in [3.8, 4) is 0 Å². The van der Waals surface area contributed by atoms with Crippen LogP contribution in [0.25, 0.3) is 10.8 Å². The van der Waals surface area contributed by atoms with Gasteiger partial charge in [0.1, 0.15) is 0 Å². The summed E-state index contributed by atoms with van der Waals surface area (Å²) in [7, 11) is 0. The molecule has 3 heteroatoms. The molecule has 1 aliphatic heterocycles. The SMILES string of the molecule is Cc1ccccc1CN1C(=O)CC(c2cccc(Cl)c2)c2c1ccc1ccccc21. The molecule has 0 N–H and O–H groups in total. The van der Waals surface area contributed by atoms with Gasteiger partial charge >= 0.3 is 0 Å². The van der Waals surface area contributed by atoms with Crippen LogP contribution < -0.4 is 4.90 Å². The summed E-state index contributed by atoms with van der Waals surface area (Å²) in [5.41, 5.74) is 5.67. The lowest BCUT2D eigenvalue weighted by atomic mass is 9.81. The van der Waals surface area contributed by atoms with E-state index in [9.17, 15) is 4.79 Å². The van der Waals surface area contributed by atoms with Crippen LogP contribution in [0, 0.1) is 6.92 Å². The van der Waals surface area contributed by atoms with E-state index >= 15 is 0 Å². The molecular formula is C27H22ClNO. The second kappa shape index (κ2) is 7.62. The van der Waals surface area contributed by atoms with Gasteiger partial charge in [-0.05, 0) is 58.1 Å². The highest BCUT2D eigenvalue weighted by molar-refractivity contribution is 6.30. The molecule has 0 fully saturated rings. The van der Waals surface area contributed by atoms with E-state index in [-0.39, 0.29) is 11.8 Å². The predicted octanol–water partition coefficient (Wildman–Crippen LogP) is 6.87. The molecule has 1 amide bonds. The van der Waals surface area contributed by atoms with Crippen molar-refractivity contribution in [2.75, 3.05) is 4.90 Å². The molecule has 1 unspecified atom stereocenters. The number of benzene rings is 4. The number of hydrogen-bond donors (Lipinski definition) is 0. The van der Waals surface area contributed by atoms with E-state index in [4.69, 9.17) is 11.6 Å². The summed E-state index contributed by atoms with van der Waals surface area (Å²) in [6, 6.07) is 28.8. The Morgan fingerprint density at radius 2 is 1.73 bits per heavy atom. The number of rotatable bonds is 3. The highest BCUT2D eigenvalue weighted by Gasteiger charge is 2.33. The quantitative estimate of drug-likeness (QED) is 0.360. The molecular weight excluding hydrogens is 390 g/mol. The summed E-state index contributed by atoms with van der Waals surface area (Å²) in [5, 5.41) is 3.08. The maximum atomic E-state index is 13.4. The van der Waals surface area contributed by atoms with E-state index in [0.29, 0.717) is 18.0 Å². The molecule has 0 aliphatic carbocycles. The summed E-state index contributed by atoms with van der Waals surface area (Å²) in [6.45, 7) is 2.68. The number of nitrogens with zero attached hydrogens (tertiary/aromatic N) is 1. The Balaban J connectivity index is 1.70. The fourth-order valence-electron chi connectivity index (χ4n) is 4.55. The molecule has 4 aromatic rings. The van der Waals surface area contributed by atoms with Gasteiger partial charge in [0.05, 0.1) is 6.54 Å². The van der Waals surface area contributed by atoms with Crippen molar-refractivity contribution in [3.63, 3.8) is 0 Å². The average Bonchev–Trinajstić information content (AvgIpc) is 2.76. The van der Waals surface area contributed by atoms with E-state index in [2.05, 4.69) is 61.5 Å². The number of fused-ring (bicyclic) bond motifs is 3. The summed E-state index contributed by atoms with van der Waals surface area (Å²) < 4.78 is 0. The average molecular weight is 412 g/mol. The maximum Gasteiger partial charge on any atom is 0.228 e. The zero-order valence-corrected chi connectivity index (χ0v) is 17.6. The Hall–Kier alpha value is -3.10. The zero-order chi connectivity index (χ0) is 20.7. The molecule has 0 saturated heterocycles. The number of amides is 1. The van der Waals surface area contributed by atoms with Gasteiger partial charge in [-0.1, -0.05) is 78.3 Å². The molecule has 0 aromatic heterocycles. The van der Waals surface area contributed by atoms with Crippen LogP contribution in [0.15, 0.2) is 84.9 Å². The van der Waals surface area contributed by atoms with Crippen LogP contribution in [-0.2, 0) is 11.3 Å². The van der Waals surface area contributed by atoms with Crippen molar-refractivity contribution in [1.29, 1.82) is 0 Å². The first-order valence-corrected chi connectivity index (χ1v) is 10.6. The summed E-state index contributed by atoms with van der Waals surface area (Å²) >= 11 is 6.30. The van der Waals surface area contributed by atoms with Gasteiger partial charge in [0, 0.05) is 23.0 Å². The minimum Gasteiger partial charge on any atom is -0.308 e. The Morgan fingerprint density at radius 3 is 2.57 bits per heavy atom. The smallest absolute Gasteiger partial charge is 0.228 e. The van der Waals surface area contributed by atoms with Crippen molar-refractivity contribution >= 4 is 34.0 Å². The molecule has 30 heavy (non-hydrogen) atoms. The van der Waals surface area contributed by atoms with Crippen molar-refractivity contribution in [2.24, 2.45) is 0 Å². The van der Waals surface area contributed by atoms with E-state index < -0.39 is 0 Å². The number of anilines is 1. The fourth-order valence-corrected chi connectivity index (χ4v) is 4.74. The minimum atomic E-state index is -0.00887. The highest BCUT2D eigenvalue weighted by atomic mass is 35.5. The fraction of sp³-hybridized carbons (Fsp3) is 0.148. The standard InChI is InChI=1S/C27H22ClNO/c1-18-7-2-3-9-21(18)17-29-25-14-13-19-8-4-5-12-23(19)27(25)24(16-26(29)30)20-10-6-11-22(28)15-20/h2-15,24H,16-17H2,1H3. The highest BCUT2D eigenvalue weighted by Crippen LogP contribution is 2.44. The van der Waals surface area contributed by atoms with E-state index in [1.54, 1.807) is 0 Å². The molecule has 4 aromatic carbocycles. The van der Waals surface area contributed by atoms with Crippen LogP contribution >= 0.6 is 11.6 Å². The van der Waals surface area contributed by atoms with Gasteiger partial charge in [-0.3, -0.25) is 4.79 Å². The number of carbonyl (C=O) groups is 1. The lowest BCUT2D eigenvalue weighted by molar-refractivity contribution is -0.119. The van der Waals surface area contributed by atoms with Crippen LogP contribution in [0.2, 0.25) is 5.02 Å². The van der Waals surface area contributed by atoms with Crippen molar-refractivity contribution < 1.29 is 4.79 Å². The van der Waals surface area contributed by atoms with Crippen LogP contribution in [0.1, 0.15) is 34.6 Å². The third-order valence-electron chi connectivity index (χ3n) is 6.11. The predicted molar refractivity (Wildman–Crippen MR) is 124 cm³/mol. The van der Waals surface area contributed by atoms with Crippen LogP contribution in [0.5, 0.6) is 0 Å². The van der Waals surface area contributed by atoms with Gasteiger partial charge in [-0.2, -0.15) is 0 Å². The molecule has 2 nitrogen and oxygen atoms in total. The Bertz CT molecular complexity index is 1260. The second-order valence-electron chi connectivity index (χ2n) is 7.94. The van der Waals surface area contributed by atoms with Gasteiger partial charge < -0.3 is 4.90 Å². The first-order valence-electron chi connectivity index (χ1n) is 10.2. The topological polar surface area (TPSA) is 20.3 Å². The molecule has 0 radical (unpaired) electrons. The molecule has 0 bridgehead atoms. The number of hydrogen-bond acceptors (Lipinski definition) is 1. The summed E-state index contributed by atoms with van der Waals surface area (Å²) in [5.74, 6) is 0.136. The lowest BCUT2D eigenvalue weighted by Gasteiger charge is -2.35. The number of halogens is 1. The maximum absolute atomic E-state index is 13.4. The number of carbonyl (C=O) groups excluding carboxylic acids is 1. The van der Waals surface area contributed by atoms with Gasteiger partial charge in [0.25, 0.3) is 0 Å². The van der Waals surface area contributed by atoms with Crippen molar-refractivity contribution in [2.45, 2.75) is 25.8 Å². The first kappa shape index (κ1) is 18.9. The van der Waals surface area contributed by atoms with E-state index in [0.717, 1.165) is 11.3 Å². The molecule has 0 saturated carbocycles. The first-order chi connectivity index (χ1) is 14.6. The van der Waals surface area contributed by atoms with Gasteiger partial charge in [-0.15, -0.1) is 0 Å². The Morgan fingerprint density at radius 1 is 0.933 bits per heavy atom. The summed E-state index contributed by atoms with van der Waals surface area (Å²) in [4.78, 5) is 15.3. The number of aryl methyl sites for hydroxylation is 1. The van der Waals surface area contributed by atoms with Crippen LogP contribution in [-0.4, -0.2) is 5.91 Å². The second-order valence-corrected chi connectivity index (χ2v) is 8.37. The van der Waals surface area contributed by atoms with E-state index in [1.807, 2.05) is 35.2 Å². The molecule has 1 heterocycles. The lowest BCUT2D eigenvalue weighted by Crippen LogP contribution is -2.36. The molecule has 148 valence electrons. The largest absolute Gasteiger partial charge is 0.308 e. The third kappa shape index (κ3) is 3.28. The van der Waals surface area contributed by atoms with Gasteiger partial charge in [0.2, 0.25) is 5.91 Å². The van der Waals surface area contributed by atoms with Gasteiger partial charge in [0.15, 0.2) is 0 Å². The Labute approximate surface area is 181 Å². The molecule has 1 atom stereocenters. The molecule has 0 spiro atoms. The Kier molecular flexibility index (Phi) is 4.80. The van der Waals surface area contributed by atoms with Crippen molar-refractivity contribution in [1.82, 2.24) is 0 Å². The normalized spacial score (nSPS) is 16.0. The van der Waals surface area contributed by atoms with E-state index in [1.165, 1.54) is 27.5 Å². The van der Waals surface area contributed by atoms with Crippen LogP contribution in [0.3, 0.4) is 0 Å². The molecule has 1 aliphatic rings. The monoisotopic (exact) mass is 411 g/mol. The summed E-state index contributed by atoms with van der Waals surface area (Å²) in [6.07, 6.45) is 0.438. The molecule has 5 rings (SSSR count). The van der Waals surface area contributed by atoms with Crippen LogP contribution in [0.4, 0.5) is 5.69 Å². The minimum absolute atomic E-state index is 0.00887. The zero-order valence-electron chi connectivity index (χ0n) is 16.8.